The summed E-state index contributed by atoms with van der Waals surface area (Å²) >= 11 is 0. The van der Waals surface area contributed by atoms with Gasteiger partial charge in [-0.3, -0.25) is 4.74 Å². The molecule has 0 amide bonds. The van der Waals surface area contributed by atoms with Gasteiger partial charge >= 0.3 is 5.97 Å². The number of hydrogen-bond acceptors (Lipinski definition) is 8. The molecule has 1 aromatic rings. The molecule has 40 heavy (non-hydrogen) atoms. The Morgan fingerprint density at radius 1 is 0.725 bits per heavy atom. The van der Waals surface area contributed by atoms with Gasteiger partial charge in [-0.15, -0.1) is 0 Å². The molecule has 2 atom stereocenters. The number of aromatic carboxylic acids is 1. The number of carboxylic acids is 1. The summed E-state index contributed by atoms with van der Waals surface area (Å²) in [5, 5.41) is 11.3. The number of carboxylic acid groups (broad SMARTS) is 1. The van der Waals surface area contributed by atoms with Crippen LogP contribution >= 0.6 is 0 Å². The Kier molecular flexibility index (Phi) is 19.6. The zero-order valence-electron chi connectivity index (χ0n) is 25.5. The molecule has 0 aliphatic rings. The molecule has 0 saturated heterocycles. The van der Waals surface area contributed by atoms with Gasteiger partial charge in [0.25, 0.3) is 5.97 Å². The maximum absolute atomic E-state index is 12.5. The van der Waals surface area contributed by atoms with Gasteiger partial charge < -0.3 is 28.8 Å². The minimum atomic E-state index is -1.45. The van der Waals surface area contributed by atoms with E-state index >= 15 is 0 Å². The summed E-state index contributed by atoms with van der Waals surface area (Å²) in [5.74, 6) is -3.59. The Hall–Kier alpha value is -2.00. The third-order valence-corrected chi connectivity index (χ3v) is 6.63. The Morgan fingerprint density at radius 2 is 1.18 bits per heavy atom. The summed E-state index contributed by atoms with van der Waals surface area (Å²) in [6.07, 6.45) is 14.6. The molecule has 0 spiro atoms. The van der Waals surface area contributed by atoms with Crippen molar-refractivity contribution in [3.05, 3.63) is 35.4 Å². The molecule has 0 saturated carbocycles. The number of benzene rings is 1. The van der Waals surface area contributed by atoms with Crippen molar-refractivity contribution < 1.29 is 38.4 Å². The van der Waals surface area contributed by atoms with Crippen molar-refractivity contribution in [3.63, 3.8) is 0 Å². The SMILES string of the molecule is CCCCCCCCCOC(C)(OCCCCCCCCC)OC(C)OC(C)OC(=O)c1ccccc1C(=O)[O-]. The van der Waals surface area contributed by atoms with Gasteiger partial charge in [0.2, 0.25) is 6.29 Å². The Balaban J connectivity index is 2.59. The average molecular weight is 566 g/mol. The highest BCUT2D eigenvalue weighted by molar-refractivity contribution is 6.01. The summed E-state index contributed by atoms with van der Waals surface area (Å²) in [5.41, 5.74) is -0.346. The van der Waals surface area contributed by atoms with E-state index < -0.39 is 30.5 Å². The molecule has 230 valence electrons. The van der Waals surface area contributed by atoms with Crippen LogP contribution in [0.25, 0.3) is 0 Å². The number of rotatable bonds is 25. The molecular weight excluding hydrogens is 512 g/mol. The van der Waals surface area contributed by atoms with Crippen LogP contribution in [0, 0.1) is 0 Å². The Labute approximate surface area is 242 Å². The number of carbonyl (C=O) groups is 2. The molecule has 0 fully saturated rings. The molecule has 0 radical (unpaired) electrons. The largest absolute Gasteiger partial charge is 0.545 e. The Morgan fingerprint density at radius 3 is 1.65 bits per heavy atom. The van der Waals surface area contributed by atoms with E-state index in [1.807, 2.05) is 0 Å². The van der Waals surface area contributed by atoms with E-state index in [1.165, 1.54) is 89.3 Å². The quantitative estimate of drug-likeness (QED) is 0.0700. The van der Waals surface area contributed by atoms with E-state index in [0.29, 0.717) is 13.2 Å². The monoisotopic (exact) mass is 565 g/mol. The molecule has 0 aliphatic heterocycles. The third kappa shape index (κ3) is 16.3. The lowest BCUT2D eigenvalue weighted by Gasteiger charge is -2.33. The lowest BCUT2D eigenvalue weighted by atomic mass is 10.1. The van der Waals surface area contributed by atoms with Crippen LogP contribution in [0.4, 0.5) is 0 Å². The topological polar surface area (TPSA) is 103 Å². The smallest absolute Gasteiger partial charge is 0.341 e. The van der Waals surface area contributed by atoms with E-state index in [-0.39, 0.29) is 11.1 Å². The fourth-order valence-corrected chi connectivity index (χ4v) is 4.42. The van der Waals surface area contributed by atoms with Crippen molar-refractivity contribution in [2.45, 2.75) is 143 Å². The first-order valence-electron chi connectivity index (χ1n) is 15.3. The predicted octanol–water partition coefficient (Wildman–Crippen LogP) is 7.14. The first-order valence-corrected chi connectivity index (χ1v) is 15.3. The molecule has 0 aromatic heterocycles. The van der Waals surface area contributed by atoms with E-state index in [4.69, 9.17) is 23.7 Å². The predicted molar refractivity (Wildman–Crippen MR) is 154 cm³/mol. The molecule has 8 heteroatoms. The van der Waals surface area contributed by atoms with Crippen molar-refractivity contribution >= 4 is 11.9 Å². The number of carbonyl (C=O) groups excluding carboxylic acids is 2. The van der Waals surface area contributed by atoms with Crippen LogP contribution in [0.2, 0.25) is 0 Å². The van der Waals surface area contributed by atoms with E-state index in [1.54, 1.807) is 19.9 Å². The van der Waals surface area contributed by atoms with E-state index in [2.05, 4.69) is 13.8 Å². The number of unbranched alkanes of at least 4 members (excludes halogenated alkanes) is 12. The Bertz CT molecular complexity index is 792. The maximum Gasteiger partial charge on any atom is 0.341 e. The van der Waals surface area contributed by atoms with E-state index in [9.17, 15) is 14.7 Å². The van der Waals surface area contributed by atoms with Gasteiger partial charge in [-0.05, 0) is 32.8 Å². The molecule has 1 aromatic carbocycles. The fraction of sp³-hybridized carbons (Fsp3) is 0.750. The van der Waals surface area contributed by atoms with Gasteiger partial charge in [0, 0.05) is 12.5 Å². The summed E-state index contributed by atoms with van der Waals surface area (Å²) in [6, 6.07) is 5.72. The van der Waals surface area contributed by atoms with Crippen molar-refractivity contribution in [2.24, 2.45) is 0 Å². The lowest BCUT2D eigenvalue weighted by Crippen LogP contribution is -2.41. The first-order chi connectivity index (χ1) is 19.2. The van der Waals surface area contributed by atoms with Gasteiger partial charge in [-0.2, -0.15) is 0 Å². The zero-order valence-corrected chi connectivity index (χ0v) is 25.5. The lowest BCUT2D eigenvalue weighted by molar-refractivity contribution is -0.415. The molecule has 1 rings (SSSR count). The van der Waals surface area contributed by atoms with Crippen molar-refractivity contribution in [3.8, 4) is 0 Å². The fourth-order valence-electron chi connectivity index (χ4n) is 4.42. The van der Waals surface area contributed by atoms with Gasteiger partial charge in [0.1, 0.15) is 0 Å². The van der Waals surface area contributed by atoms with Gasteiger partial charge in [0.05, 0.1) is 24.7 Å². The first kappa shape index (κ1) is 36.0. The molecule has 0 aliphatic carbocycles. The van der Waals surface area contributed by atoms with Crippen LogP contribution in [-0.2, 0) is 23.7 Å². The third-order valence-electron chi connectivity index (χ3n) is 6.63. The van der Waals surface area contributed by atoms with Crippen molar-refractivity contribution in [2.75, 3.05) is 13.2 Å². The average Bonchev–Trinajstić information content (AvgIpc) is 2.91. The minimum absolute atomic E-state index is 0.104. The molecule has 0 bridgehead atoms. The second-order valence-corrected chi connectivity index (χ2v) is 10.4. The number of esters is 1. The zero-order chi connectivity index (χ0) is 29.6. The molecule has 8 nitrogen and oxygen atoms in total. The van der Waals surface area contributed by atoms with Crippen LogP contribution in [0.3, 0.4) is 0 Å². The van der Waals surface area contributed by atoms with E-state index in [0.717, 1.165) is 25.7 Å². The molecule has 0 heterocycles. The molecular formula is C32H53O8-. The molecule has 0 N–H and O–H groups in total. The summed E-state index contributed by atoms with van der Waals surface area (Å²) < 4.78 is 29.1. The van der Waals surface area contributed by atoms with Crippen LogP contribution < -0.4 is 5.11 Å². The van der Waals surface area contributed by atoms with Gasteiger partial charge in [-0.1, -0.05) is 109 Å². The van der Waals surface area contributed by atoms with Crippen LogP contribution in [0.15, 0.2) is 24.3 Å². The number of ether oxygens (including phenoxy) is 5. The molecule has 2 unspecified atom stereocenters. The minimum Gasteiger partial charge on any atom is -0.545 e. The maximum atomic E-state index is 12.5. The normalized spacial score (nSPS) is 13.2. The van der Waals surface area contributed by atoms with Crippen LogP contribution in [0.1, 0.15) is 145 Å². The summed E-state index contributed by atoms with van der Waals surface area (Å²) in [4.78, 5) is 23.9. The summed E-state index contributed by atoms with van der Waals surface area (Å²) in [7, 11) is 0. The number of hydrogen-bond donors (Lipinski definition) is 0. The standard InChI is InChI=1S/C32H54O8/c1-6-8-10-12-14-16-20-24-36-32(5,37-25-21-17-15-13-11-9-7-2)40-27(4)38-26(3)39-31(35)29-23-19-18-22-28(29)30(33)34/h18-19,22-23,26-27H,6-17,20-21,24-25H2,1-5H3,(H,33,34)/p-1. The second kappa shape index (κ2) is 21.7. The van der Waals surface area contributed by atoms with Crippen LogP contribution in [0.5, 0.6) is 0 Å². The highest BCUT2D eigenvalue weighted by atomic mass is 16.9. The van der Waals surface area contributed by atoms with Crippen molar-refractivity contribution in [1.29, 1.82) is 0 Å². The highest BCUT2D eigenvalue weighted by Crippen LogP contribution is 2.21. The van der Waals surface area contributed by atoms with Gasteiger partial charge in [-0.25, -0.2) is 4.79 Å². The van der Waals surface area contributed by atoms with Crippen LogP contribution in [-0.4, -0.2) is 43.7 Å². The highest BCUT2D eigenvalue weighted by Gasteiger charge is 2.31. The summed E-state index contributed by atoms with van der Waals surface area (Å²) in [6.45, 7) is 10.4. The van der Waals surface area contributed by atoms with Crippen molar-refractivity contribution in [1.82, 2.24) is 0 Å². The second-order valence-electron chi connectivity index (χ2n) is 10.4. The van der Waals surface area contributed by atoms with Gasteiger partial charge in [0.15, 0.2) is 6.29 Å².